The molecular formula is C23H26N2O9. The van der Waals surface area contributed by atoms with Gasteiger partial charge in [0.2, 0.25) is 0 Å². The summed E-state index contributed by atoms with van der Waals surface area (Å²) >= 11 is 0. The Bertz CT molecular complexity index is 999. The van der Waals surface area contributed by atoms with Gasteiger partial charge in [0.15, 0.2) is 12.2 Å². The van der Waals surface area contributed by atoms with Crippen molar-refractivity contribution < 1.29 is 44.7 Å². The number of fused-ring (bicyclic) bond motifs is 3. The van der Waals surface area contributed by atoms with Crippen LogP contribution in [0.25, 0.3) is 11.1 Å². The summed E-state index contributed by atoms with van der Waals surface area (Å²) in [5.74, 6) is -3.18. The molecule has 0 saturated heterocycles. The number of aliphatic hydroxyl groups excluding tert-OH is 4. The zero-order valence-electron chi connectivity index (χ0n) is 18.0. The molecule has 2 aromatic carbocycles. The van der Waals surface area contributed by atoms with Crippen molar-refractivity contribution in [3.8, 4) is 11.1 Å². The number of hydrogen-bond acceptors (Lipinski definition) is 8. The second-order valence-electron chi connectivity index (χ2n) is 7.81. The second-order valence-corrected chi connectivity index (χ2v) is 7.81. The molecule has 34 heavy (non-hydrogen) atoms. The third kappa shape index (κ3) is 5.69. The second kappa shape index (κ2) is 11.1. The van der Waals surface area contributed by atoms with E-state index in [0.717, 1.165) is 22.3 Å². The highest BCUT2D eigenvalue weighted by Gasteiger charge is 2.31. The SMILES string of the molecule is O=C(NC[C@H](O)[C@H](O)CNC(=O)[C@H](O)[C@H](O)C(=O)O)OCC1c2ccccc2-c2ccccc21. The van der Waals surface area contributed by atoms with Gasteiger partial charge in [-0.25, -0.2) is 9.59 Å². The predicted molar refractivity (Wildman–Crippen MR) is 118 cm³/mol. The molecule has 0 unspecified atom stereocenters. The van der Waals surface area contributed by atoms with Crippen LogP contribution in [0.2, 0.25) is 0 Å². The molecule has 0 heterocycles. The summed E-state index contributed by atoms with van der Waals surface area (Å²) in [4.78, 5) is 34.3. The van der Waals surface area contributed by atoms with E-state index in [-0.39, 0.29) is 12.5 Å². The Hall–Kier alpha value is -3.51. The maximum atomic E-state index is 12.1. The molecule has 1 aliphatic carbocycles. The Balaban J connectivity index is 1.45. The van der Waals surface area contributed by atoms with Crippen molar-refractivity contribution in [3.05, 3.63) is 59.7 Å². The number of rotatable bonds is 10. The Labute approximate surface area is 194 Å². The lowest BCUT2D eigenvalue weighted by Gasteiger charge is -2.20. The molecule has 0 bridgehead atoms. The molecular weight excluding hydrogens is 448 g/mol. The lowest BCUT2D eigenvalue weighted by molar-refractivity contribution is -0.158. The molecule has 1 aliphatic rings. The standard InChI is InChI=1S/C23H26N2O9/c26-17(9-24-21(30)19(28)20(29)22(31)32)18(27)10-25-23(33)34-11-16-14-7-3-1-5-12(14)13-6-2-4-8-15(13)16/h1-8,16-20,26-29H,9-11H2,(H,24,30)(H,25,33)(H,31,32)/t17-,18+,19-,20+/m1/s1. The molecule has 3 rings (SSSR count). The molecule has 4 atom stereocenters. The average molecular weight is 474 g/mol. The van der Waals surface area contributed by atoms with Gasteiger partial charge in [0, 0.05) is 19.0 Å². The third-order valence-corrected chi connectivity index (χ3v) is 5.55. The van der Waals surface area contributed by atoms with Crippen molar-refractivity contribution in [2.75, 3.05) is 19.7 Å². The topological polar surface area (TPSA) is 186 Å². The number of carboxylic acids is 1. The molecule has 0 aliphatic heterocycles. The Morgan fingerprint density at radius 1 is 0.794 bits per heavy atom. The van der Waals surface area contributed by atoms with Gasteiger partial charge >= 0.3 is 12.1 Å². The lowest BCUT2D eigenvalue weighted by Crippen LogP contribution is -2.50. The van der Waals surface area contributed by atoms with Gasteiger partial charge < -0.3 is 40.9 Å². The van der Waals surface area contributed by atoms with E-state index in [2.05, 4.69) is 5.32 Å². The molecule has 0 spiro atoms. The smallest absolute Gasteiger partial charge is 0.407 e. The number of carbonyl (C=O) groups is 3. The van der Waals surface area contributed by atoms with E-state index < -0.39 is 55.5 Å². The highest BCUT2D eigenvalue weighted by atomic mass is 16.5. The van der Waals surface area contributed by atoms with Crippen LogP contribution in [-0.4, -0.2) is 87.6 Å². The summed E-state index contributed by atoms with van der Waals surface area (Å²) in [5, 5.41) is 51.3. The fourth-order valence-corrected chi connectivity index (χ4v) is 3.70. The van der Waals surface area contributed by atoms with Crippen LogP contribution in [0.1, 0.15) is 17.0 Å². The normalized spacial score (nSPS) is 15.9. The number of hydrogen-bond donors (Lipinski definition) is 7. The Morgan fingerprint density at radius 3 is 1.82 bits per heavy atom. The number of aliphatic hydroxyl groups is 4. The number of alkyl carbamates (subject to hydrolysis) is 1. The molecule has 7 N–H and O–H groups in total. The zero-order valence-corrected chi connectivity index (χ0v) is 18.0. The highest BCUT2D eigenvalue weighted by molar-refractivity contribution is 5.87. The van der Waals surface area contributed by atoms with Crippen LogP contribution in [-0.2, 0) is 14.3 Å². The van der Waals surface area contributed by atoms with Gasteiger partial charge in [-0.15, -0.1) is 0 Å². The molecule has 0 fully saturated rings. The first-order chi connectivity index (χ1) is 16.2. The van der Waals surface area contributed by atoms with Gasteiger partial charge in [-0.3, -0.25) is 4.79 Å². The monoisotopic (exact) mass is 474 g/mol. The van der Waals surface area contributed by atoms with E-state index in [1.54, 1.807) is 0 Å². The first-order valence-corrected chi connectivity index (χ1v) is 10.5. The molecule has 0 radical (unpaired) electrons. The lowest BCUT2D eigenvalue weighted by atomic mass is 9.98. The van der Waals surface area contributed by atoms with Gasteiger partial charge in [0.05, 0.1) is 12.2 Å². The summed E-state index contributed by atoms with van der Waals surface area (Å²) < 4.78 is 5.32. The molecule has 0 saturated carbocycles. The van der Waals surface area contributed by atoms with E-state index >= 15 is 0 Å². The quantitative estimate of drug-likeness (QED) is 0.231. The first-order valence-electron chi connectivity index (χ1n) is 10.5. The van der Waals surface area contributed by atoms with Crippen molar-refractivity contribution in [1.82, 2.24) is 10.6 Å². The summed E-state index contributed by atoms with van der Waals surface area (Å²) in [6.07, 6.45) is -8.44. The van der Waals surface area contributed by atoms with E-state index in [1.165, 1.54) is 0 Å². The van der Waals surface area contributed by atoms with E-state index in [9.17, 15) is 29.7 Å². The summed E-state index contributed by atoms with van der Waals surface area (Å²) in [6, 6.07) is 15.7. The number of benzene rings is 2. The number of carbonyl (C=O) groups excluding carboxylic acids is 2. The predicted octanol–water partition coefficient (Wildman–Crippen LogP) is -0.830. The van der Waals surface area contributed by atoms with Crippen LogP contribution >= 0.6 is 0 Å². The molecule has 0 aromatic heterocycles. The third-order valence-electron chi connectivity index (χ3n) is 5.55. The van der Waals surface area contributed by atoms with E-state index in [4.69, 9.17) is 14.9 Å². The minimum atomic E-state index is -2.34. The maximum absolute atomic E-state index is 12.1. The van der Waals surface area contributed by atoms with Crippen LogP contribution < -0.4 is 10.6 Å². The number of nitrogens with one attached hydrogen (secondary N) is 2. The molecule has 2 aromatic rings. The fraction of sp³-hybridized carbons (Fsp3) is 0.348. The van der Waals surface area contributed by atoms with E-state index in [0.29, 0.717) is 0 Å². The van der Waals surface area contributed by atoms with Gasteiger partial charge in [-0.1, -0.05) is 48.5 Å². The van der Waals surface area contributed by atoms with E-state index in [1.807, 2.05) is 53.8 Å². The fourth-order valence-electron chi connectivity index (χ4n) is 3.70. The van der Waals surface area contributed by atoms with Crippen molar-refractivity contribution in [2.24, 2.45) is 0 Å². The van der Waals surface area contributed by atoms with Crippen LogP contribution in [0.5, 0.6) is 0 Å². The molecule has 11 heteroatoms. The highest BCUT2D eigenvalue weighted by Crippen LogP contribution is 2.44. The minimum absolute atomic E-state index is 0.0678. The average Bonchev–Trinajstić information content (AvgIpc) is 3.16. The first kappa shape index (κ1) is 25.1. The van der Waals surface area contributed by atoms with Crippen LogP contribution in [0.4, 0.5) is 4.79 Å². The minimum Gasteiger partial charge on any atom is -0.479 e. The summed E-state index contributed by atoms with van der Waals surface area (Å²) in [7, 11) is 0. The van der Waals surface area contributed by atoms with Gasteiger partial charge in [0.1, 0.15) is 6.61 Å². The zero-order chi connectivity index (χ0) is 24.8. The molecule has 11 nitrogen and oxygen atoms in total. The van der Waals surface area contributed by atoms with Gasteiger partial charge in [-0.2, -0.15) is 0 Å². The number of aliphatic carboxylic acids is 1. The van der Waals surface area contributed by atoms with Crippen molar-refractivity contribution in [1.29, 1.82) is 0 Å². The van der Waals surface area contributed by atoms with Crippen molar-refractivity contribution in [3.63, 3.8) is 0 Å². The Kier molecular flexibility index (Phi) is 8.18. The number of ether oxygens (including phenoxy) is 1. The summed E-state index contributed by atoms with van der Waals surface area (Å²) in [6.45, 7) is -0.887. The van der Waals surface area contributed by atoms with Crippen LogP contribution in [0, 0.1) is 0 Å². The summed E-state index contributed by atoms with van der Waals surface area (Å²) in [5.41, 5.74) is 4.23. The van der Waals surface area contributed by atoms with Crippen LogP contribution in [0.15, 0.2) is 48.5 Å². The molecule has 182 valence electrons. The number of carboxylic acid groups (broad SMARTS) is 1. The Morgan fingerprint density at radius 2 is 1.29 bits per heavy atom. The number of amides is 2. The van der Waals surface area contributed by atoms with Crippen molar-refractivity contribution in [2.45, 2.75) is 30.3 Å². The molecule has 2 amide bonds. The maximum Gasteiger partial charge on any atom is 0.407 e. The largest absolute Gasteiger partial charge is 0.479 e. The van der Waals surface area contributed by atoms with Gasteiger partial charge in [0.25, 0.3) is 5.91 Å². The van der Waals surface area contributed by atoms with Crippen LogP contribution in [0.3, 0.4) is 0 Å². The van der Waals surface area contributed by atoms with Gasteiger partial charge in [-0.05, 0) is 22.3 Å². The van der Waals surface area contributed by atoms with Crippen molar-refractivity contribution >= 4 is 18.0 Å².